The van der Waals surface area contributed by atoms with E-state index in [4.69, 9.17) is 4.52 Å². The van der Waals surface area contributed by atoms with E-state index in [2.05, 4.69) is 33.0 Å². The highest BCUT2D eigenvalue weighted by Gasteiger charge is 2.28. The van der Waals surface area contributed by atoms with E-state index in [1.54, 1.807) is 11.3 Å². The summed E-state index contributed by atoms with van der Waals surface area (Å²) in [5.41, 5.74) is 0. The van der Waals surface area contributed by atoms with E-state index in [0.29, 0.717) is 30.5 Å². The summed E-state index contributed by atoms with van der Waals surface area (Å²) in [5, 5.41) is 9.26. The van der Waals surface area contributed by atoms with Crippen molar-refractivity contribution < 1.29 is 9.32 Å². The molecule has 1 aliphatic carbocycles. The molecular formula is C18H25N3O2S. The van der Waals surface area contributed by atoms with Crippen molar-refractivity contribution in [2.45, 2.75) is 64.3 Å². The molecule has 0 bridgehead atoms. The lowest BCUT2D eigenvalue weighted by molar-refractivity contribution is -0.122. The summed E-state index contributed by atoms with van der Waals surface area (Å²) in [7, 11) is 0. The Kier molecular flexibility index (Phi) is 5.66. The third kappa shape index (κ3) is 4.23. The van der Waals surface area contributed by atoms with Gasteiger partial charge in [0.15, 0.2) is 5.82 Å². The fourth-order valence-electron chi connectivity index (χ4n) is 3.25. The molecular weight excluding hydrogens is 322 g/mol. The molecule has 1 saturated carbocycles. The minimum absolute atomic E-state index is 0.0598. The molecule has 6 heteroatoms. The molecule has 1 amide bonds. The molecule has 130 valence electrons. The first kappa shape index (κ1) is 17.1. The van der Waals surface area contributed by atoms with Crippen LogP contribution in [0.25, 0.3) is 0 Å². The first-order valence-corrected chi connectivity index (χ1v) is 9.66. The van der Waals surface area contributed by atoms with Gasteiger partial charge >= 0.3 is 0 Å². The Labute approximate surface area is 146 Å². The van der Waals surface area contributed by atoms with Crippen LogP contribution in [0, 0.1) is 5.92 Å². The zero-order valence-electron chi connectivity index (χ0n) is 14.3. The maximum absolute atomic E-state index is 12.4. The molecule has 0 aliphatic heterocycles. The van der Waals surface area contributed by atoms with Crippen LogP contribution in [0.15, 0.2) is 22.0 Å². The Hall–Kier alpha value is -1.69. The summed E-state index contributed by atoms with van der Waals surface area (Å²) in [6, 6.07) is 4.33. The average molecular weight is 347 g/mol. The van der Waals surface area contributed by atoms with Crippen molar-refractivity contribution >= 4 is 17.2 Å². The van der Waals surface area contributed by atoms with Gasteiger partial charge in [-0.3, -0.25) is 4.79 Å². The predicted octanol–water partition coefficient (Wildman–Crippen LogP) is 4.23. The SMILES string of the molecule is CC(C)c1noc(CCC(=O)N[C@H](c2cccs2)C2CCCC2)n1. The number of thiophene rings is 1. The second-order valence-electron chi connectivity index (χ2n) is 6.81. The van der Waals surface area contributed by atoms with Crippen molar-refractivity contribution in [3.05, 3.63) is 34.1 Å². The van der Waals surface area contributed by atoms with Gasteiger partial charge in [-0.2, -0.15) is 4.98 Å². The van der Waals surface area contributed by atoms with Gasteiger partial charge in [-0.15, -0.1) is 11.3 Å². The second-order valence-corrected chi connectivity index (χ2v) is 7.79. The summed E-state index contributed by atoms with van der Waals surface area (Å²) in [5.74, 6) is 2.10. The van der Waals surface area contributed by atoms with Gasteiger partial charge in [0.2, 0.25) is 11.8 Å². The number of nitrogens with one attached hydrogen (secondary N) is 1. The van der Waals surface area contributed by atoms with Crippen molar-refractivity contribution in [3.8, 4) is 0 Å². The third-order valence-corrected chi connectivity index (χ3v) is 5.56. The number of hydrogen-bond acceptors (Lipinski definition) is 5. The van der Waals surface area contributed by atoms with Crippen LogP contribution in [0.4, 0.5) is 0 Å². The number of amides is 1. The molecule has 2 aromatic rings. The van der Waals surface area contributed by atoms with Crippen LogP contribution in [0.2, 0.25) is 0 Å². The molecule has 2 aromatic heterocycles. The largest absolute Gasteiger partial charge is 0.348 e. The van der Waals surface area contributed by atoms with Crippen molar-refractivity contribution in [3.63, 3.8) is 0 Å². The Bertz CT molecular complexity index is 645. The van der Waals surface area contributed by atoms with Crippen LogP contribution in [0.1, 0.15) is 74.5 Å². The molecule has 0 radical (unpaired) electrons. The molecule has 24 heavy (non-hydrogen) atoms. The summed E-state index contributed by atoms with van der Waals surface area (Å²) >= 11 is 1.73. The van der Waals surface area contributed by atoms with E-state index in [1.807, 2.05) is 13.8 Å². The zero-order valence-corrected chi connectivity index (χ0v) is 15.1. The van der Waals surface area contributed by atoms with Crippen LogP contribution in [0.3, 0.4) is 0 Å². The lowest BCUT2D eigenvalue weighted by Crippen LogP contribution is -2.32. The summed E-state index contributed by atoms with van der Waals surface area (Å²) in [4.78, 5) is 18.0. The van der Waals surface area contributed by atoms with Gasteiger partial charge < -0.3 is 9.84 Å². The molecule has 2 heterocycles. The third-order valence-electron chi connectivity index (χ3n) is 4.60. The molecule has 5 nitrogen and oxygen atoms in total. The average Bonchev–Trinajstić information content (AvgIpc) is 3.33. The van der Waals surface area contributed by atoms with Gasteiger partial charge in [0, 0.05) is 23.6 Å². The molecule has 1 atom stereocenters. The lowest BCUT2D eigenvalue weighted by Gasteiger charge is -2.23. The van der Waals surface area contributed by atoms with Gasteiger partial charge in [0.25, 0.3) is 0 Å². The first-order valence-electron chi connectivity index (χ1n) is 8.78. The monoisotopic (exact) mass is 347 g/mol. The number of hydrogen-bond donors (Lipinski definition) is 1. The standard InChI is InChI=1S/C18H25N3O2S/c1-12(2)18-20-16(23-21-18)10-9-15(22)19-17(13-6-3-4-7-13)14-8-5-11-24-14/h5,8,11-13,17H,3-4,6-7,9-10H2,1-2H3,(H,19,22)/t17-/m0/s1. The van der Waals surface area contributed by atoms with Gasteiger partial charge in [-0.05, 0) is 30.2 Å². The first-order chi connectivity index (χ1) is 11.6. The number of carbonyl (C=O) groups excluding carboxylic acids is 1. The van der Waals surface area contributed by atoms with Crippen LogP contribution < -0.4 is 5.32 Å². The lowest BCUT2D eigenvalue weighted by atomic mass is 9.96. The summed E-state index contributed by atoms with van der Waals surface area (Å²) in [6.07, 6.45) is 5.81. The van der Waals surface area contributed by atoms with E-state index < -0.39 is 0 Å². The van der Waals surface area contributed by atoms with Crippen molar-refractivity contribution in [2.24, 2.45) is 5.92 Å². The normalized spacial score (nSPS) is 16.6. The summed E-state index contributed by atoms with van der Waals surface area (Å²) < 4.78 is 5.21. The van der Waals surface area contributed by atoms with E-state index in [-0.39, 0.29) is 17.9 Å². The van der Waals surface area contributed by atoms with E-state index in [0.717, 1.165) is 0 Å². The van der Waals surface area contributed by atoms with Crippen LogP contribution in [0.5, 0.6) is 0 Å². The number of aryl methyl sites for hydroxylation is 1. The Morgan fingerprint density at radius 1 is 1.42 bits per heavy atom. The number of rotatable bonds is 7. The molecule has 0 unspecified atom stereocenters. The number of aromatic nitrogens is 2. The minimum Gasteiger partial charge on any atom is -0.348 e. The minimum atomic E-state index is 0.0598. The highest BCUT2D eigenvalue weighted by Crippen LogP contribution is 2.37. The molecule has 1 N–H and O–H groups in total. The molecule has 1 fully saturated rings. The second kappa shape index (κ2) is 7.92. The van der Waals surface area contributed by atoms with Crippen LogP contribution >= 0.6 is 11.3 Å². The Morgan fingerprint density at radius 2 is 2.21 bits per heavy atom. The highest BCUT2D eigenvalue weighted by atomic mass is 32.1. The van der Waals surface area contributed by atoms with Gasteiger partial charge in [0.1, 0.15) is 0 Å². The molecule has 0 saturated heterocycles. The summed E-state index contributed by atoms with van der Waals surface area (Å²) in [6.45, 7) is 4.04. The smallest absolute Gasteiger partial charge is 0.227 e. The fraction of sp³-hybridized carbons (Fsp3) is 0.611. The highest BCUT2D eigenvalue weighted by molar-refractivity contribution is 7.10. The van der Waals surface area contributed by atoms with Gasteiger partial charge in [-0.25, -0.2) is 0 Å². The zero-order chi connectivity index (χ0) is 16.9. The van der Waals surface area contributed by atoms with E-state index in [1.165, 1.54) is 30.6 Å². The van der Waals surface area contributed by atoms with Crippen LogP contribution in [-0.4, -0.2) is 16.0 Å². The van der Waals surface area contributed by atoms with E-state index in [9.17, 15) is 4.79 Å². The maximum atomic E-state index is 12.4. The molecule has 1 aliphatic rings. The van der Waals surface area contributed by atoms with Gasteiger partial charge in [-0.1, -0.05) is 37.9 Å². The van der Waals surface area contributed by atoms with Crippen LogP contribution in [-0.2, 0) is 11.2 Å². The van der Waals surface area contributed by atoms with Crippen molar-refractivity contribution in [1.82, 2.24) is 15.5 Å². The van der Waals surface area contributed by atoms with Crippen molar-refractivity contribution in [2.75, 3.05) is 0 Å². The molecule has 0 spiro atoms. The topological polar surface area (TPSA) is 68.0 Å². The van der Waals surface area contributed by atoms with Gasteiger partial charge in [0.05, 0.1) is 6.04 Å². The maximum Gasteiger partial charge on any atom is 0.227 e. The quantitative estimate of drug-likeness (QED) is 0.813. The number of carbonyl (C=O) groups is 1. The van der Waals surface area contributed by atoms with Crippen molar-refractivity contribution in [1.29, 1.82) is 0 Å². The number of nitrogens with zero attached hydrogens (tertiary/aromatic N) is 2. The Balaban J connectivity index is 1.57. The fourth-order valence-corrected chi connectivity index (χ4v) is 4.12. The van der Waals surface area contributed by atoms with E-state index >= 15 is 0 Å². The predicted molar refractivity (Wildman–Crippen MR) is 93.9 cm³/mol. The molecule has 3 rings (SSSR count). The Morgan fingerprint density at radius 3 is 2.83 bits per heavy atom. The molecule has 0 aromatic carbocycles.